The van der Waals surface area contributed by atoms with Gasteiger partial charge in [0.15, 0.2) is 6.10 Å². The summed E-state index contributed by atoms with van der Waals surface area (Å²) in [5.41, 5.74) is 2.87. The van der Waals surface area contributed by atoms with Gasteiger partial charge in [-0.15, -0.1) is 0 Å². The molecule has 0 amide bonds. The first-order chi connectivity index (χ1) is 15.6. The van der Waals surface area contributed by atoms with Crippen LogP contribution in [-0.2, 0) is 16.0 Å². The Morgan fingerprint density at radius 3 is 1.97 bits per heavy atom. The molecule has 0 aliphatic rings. The van der Waals surface area contributed by atoms with E-state index in [0.29, 0.717) is 18.0 Å². The van der Waals surface area contributed by atoms with Crippen molar-refractivity contribution in [2.75, 3.05) is 6.61 Å². The molecule has 0 bridgehead atoms. The Hall–Kier alpha value is -2.53. The number of carbonyl (C=O) groups is 1. The number of esters is 1. The molecule has 2 aromatic carbocycles. The number of carbonyl (C=O) groups excluding carboxylic acids is 1. The molecular formula is C27H38N2O3. The highest BCUT2D eigenvalue weighted by molar-refractivity contribution is 5.76. The van der Waals surface area contributed by atoms with Crippen molar-refractivity contribution in [2.45, 2.75) is 84.7 Å². The first kappa shape index (κ1) is 25.7. The van der Waals surface area contributed by atoms with Crippen LogP contribution in [-0.4, -0.2) is 18.7 Å². The summed E-state index contributed by atoms with van der Waals surface area (Å²) in [5, 5.41) is 8.58. The number of ether oxygens (including phenoxy) is 2. The van der Waals surface area contributed by atoms with Gasteiger partial charge in [-0.2, -0.15) is 10.2 Å². The van der Waals surface area contributed by atoms with Gasteiger partial charge >= 0.3 is 5.97 Å². The highest BCUT2D eigenvalue weighted by Gasteiger charge is 2.15. The second-order valence-corrected chi connectivity index (χ2v) is 8.17. The van der Waals surface area contributed by atoms with Gasteiger partial charge in [0.05, 0.1) is 11.4 Å². The zero-order valence-corrected chi connectivity index (χ0v) is 19.9. The van der Waals surface area contributed by atoms with E-state index in [9.17, 15) is 4.79 Å². The average molecular weight is 439 g/mol. The number of azo groups is 1. The van der Waals surface area contributed by atoms with E-state index in [4.69, 9.17) is 9.47 Å². The summed E-state index contributed by atoms with van der Waals surface area (Å²) >= 11 is 0. The van der Waals surface area contributed by atoms with Crippen molar-refractivity contribution in [3.8, 4) is 5.75 Å². The fraction of sp³-hybridized carbons (Fsp3) is 0.519. The fourth-order valence-corrected chi connectivity index (χ4v) is 3.21. The van der Waals surface area contributed by atoms with Crippen molar-refractivity contribution in [3.05, 3.63) is 54.1 Å². The molecule has 2 aromatic rings. The van der Waals surface area contributed by atoms with Gasteiger partial charge in [0.2, 0.25) is 0 Å². The van der Waals surface area contributed by atoms with Crippen molar-refractivity contribution in [1.29, 1.82) is 0 Å². The van der Waals surface area contributed by atoms with Crippen molar-refractivity contribution in [2.24, 2.45) is 10.2 Å². The Morgan fingerprint density at radius 1 is 0.781 bits per heavy atom. The normalized spacial score (nSPS) is 12.2. The monoisotopic (exact) mass is 438 g/mol. The lowest BCUT2D eigenvalue weighted by Crippen LogP contribution is -2.26. The molecular weight excluding hydrogens is 400 g/mol. The number of hydrogen-bond acceptors (Lipinski definition) is 5. The van der Waals surface area contributed by atoms with Crippen molar-refractivity contribution < 1.29 is 14.3 Å². The van der Waals surface area contributed by atoms with Gasteiger partial charge in [-0.1, -0.05) is 64.5 Å². The first-order valence-electron chi connectivity index (χ1n) is 12.1. The van der Waals surface area contributed by atoms with E-state index < -0.39 is 12.1 Å². The van der Waals surface area contributed by atoms with E-state index >= 15 is 0 Å². The van der Waals surface area contributed by atoms with E-state index in [-0.39, 0.29) is 0 Å². The van der Waals surface area contributed by atoms with E-state index in [1.807, 2.05) is 12.1 Å². The molecule has 32 heavy (non-hydrogen) atoms. The molecule has 0 aliphatic carbocycles. The lowest BCUT2D eigenvalue weighted by atomic mass is 10.0. The molecule has 174 valence electrons. The Bertz CT molecular complexity index is 801. The summed E-state index contributed by atoms with van der Waals surface area (Å²) in [7, 11) is 0. The van der Waals surface area contributed by atoms with Gasteiger partial charge in [0, 0.05) is 6.61 Å². The number of benzene rings is 2. The topological polar surface area (TPSA) is 60.2 Å². The maximum atomic E-state index is 12.1. The second kappa shape index (κ2) is 15.3. The van der Waals surface area contributed by atoms with Crippen LogP contribution in [0.4, 0.5) is 11.4 Å². The van der Waals surface area contributed by atoms with Crippen LogP contribution in [0.2, 0.25) is 0 Å². The molecule has 0 radical (unpaired) electrons. The molecule has 0 saturated carbocycles. The molecule has 0 saturated heterocycles. The van der Waals surface area contributed by atoms with E-state index in [1.54, 1.807) is 31.2 Å². The SMILES string of the molecule is CCCCCCCCc1ccc(/N=N/c2ccc(OC(=O)C(C)OCCCC)cc2)cc1. The minimum Gasteiger partial charge on any atom is -0.425 e. The predicted molar refractivity (Wildman–Crippen MR) is 130 cm³/mol. The summed E-state index contributed by atoms with van der Waals surface area (Å²) in [6.07, 6.45) is 10.4. The third-order valence-electron chi connectivity index (χ3n) is 5.29. The maximum Gasteiger partial charge on any atom is 0.340 e. The van der Waals surface area contributed by atoms with E-state index in [0.717, 1.165) is 24.9 Å². The smallest absolute Gasteiger partial charge is 0.340 e. The molecule has 1 atom stereocenters. The molecule has 0 aliphatic heterocycles. The number of aryl methyl sites for hydroxylation is 1. The van der Waals surface area contributed by atoms with Crippen LogP contribution < -0.4 is 4.74 Å². The van der Waals surface area contributed by atoms with Crippen LogP contribution in [0.1, 0.15) is 77.7 Å². The summed E-state index contributed by atoms with van der Waals surface area (Å²) in [6, 6.07) is 15.3. The van der Waals surface area contributed by atoms with Gasteiger partial charge in [0.25, 0.3) is 0 Å². The highest BCUT2D eigenvalue weighted by Crippen LogP contribution is 2.22. The van der Waals surface area contributed by atoms with Crippen molar-refractivity contribution in [1.82, 2.24) is 0 Å². The van der Waals surface area contributed by atoms with Crippen molar-refractivity contribution in [3.63, 3.8) is 0 Å². The molecule has 0 fully saturated rings. The minimum absolute atomic E-state index is 0.392. The average Bonchev–Trinajstić information content (AvgIpc) is 2.81. The van der Waals surface area contributed by atoms with Crippen LogP contribution in [0.25, 0.3) is 0 Å². The van der Waals surface area contributed by atoms with Crippen LogP contribution in [0, 0.1) is 0 Å². The lowest BCUT2D eigenvalue weighted by Gasteiger charge is -2.12. The van der Waals surface area contributed by atoms with E-state index in [1.165, 1.54) is 44.1 Å². The zero-order valence-electron chi connectivity index (χ0n) is 19.9. The molecule has 1 unspecified atom stereocenters. The molecule has 0 heterocycles. The summed E-state index contributed by atoms with van der Waals surface area (Å²) in [6.45, 7) is 6.60. The molecule has 5 heteroatoms. The third kappa shape index (κ3) is 10.2. The molecule has 2 rings (SSSR count). The Labute approximate surface area is 193 Å². The zero-order chi connectivity index (χ0) is 23.0. The first-order valence-corrected chi connectivity index (χ1v) is 12.1. The van der Waals surface area contributed by atoms with Gasteiger partial charge in [-0.3, -0.25) is 0 Å². The number of nitrogens with zero attached hydrogens (tertiary/aromatic N) is 2. The van der Waals surface area contributed by atoms with Crippen LogP contribution in [0.5, 0.6) is 5.75 Å². The van der Waals surface area contributed by atoms with Gasteiger partial charge in [0.1, 0.15) is 5.75 Å². The summed E-state index contributed by atoms with van der Waals surface area (Å²) in [4.78, 5) is 12.1. The summed E-state index contributed by atoms with van der Waals surface area (Å²) < 4.78 is 10.8. The lowest BCUT2D eigenvalue weighted by molar-refractivity contribution is -0.146. The van der Waals surface area contributed by atoms with E-state index in [2.05, 4.69) is 36.2 Å². The van der Waals surface area contributed by atoms with Gasteiger partial charge in [-0.05, 0) is 68.1 Å². The number of unbranched alkanes of at least 4 members (excludes halogenated alkanes) is 6. The van der Waals surface area contributed by atoms with Crippen LogP contribution in [0.3, 0.4) is 0 Å². The summed E-state index contributed by atoms with van der Waals surface area (Å²) in [5.74, 6) is 0.0791. The van der Waals surface area contributed by atoms with Crippen LogP contribution in [0.15, 0.2) is 58.8 Å². The molecule has 0 spiro atoms. The van der Waals surface area contributed by atoms with Crippen LogP contribution >= 0.6 is 0 Å². The molecule has 0 aromatic heterocycles. The Kier molecular flexibility index (Phi) is 12.3. The Balaban J connectivity index is 1.76. The molecule has 5 nitrogen and oxygen atoms in total. The fourth-order valence-electron chi connectivity index (χ4n) is 3.21. The quantitative estimate of drug-likeness (QED) is 0.122. The third-order valence-corrected chi connectivity index (χ3v) is 5.29. The van der Waals surface area contributed by atoms with Gasteiger partial charge in [-0.25, -0.2) is 4.79 Å². The number of hydrogen-bond donors (Lipinski definition) is 0. The molecule has 0 N–H and O–H groups in total. The highest BCUT2D eigenvalue weighted by atomic mass is 16.6. The van der Waals surface area contributed by atoms with Crippen molar-refractivity contribution >= 4 is 17.3 Å². The standard InChI is InChI=1S/C27H38N2O3/c1-4-6-8-9-10-11-12-23-13-15-24(16-14-23)28-29-25-17-19-26(20-18-25)32-27(30)22(3)31-21-7-5-2/h13-20,22H,4-12,21H2,1-3H3/b29-28+. The minimum atomic E-state index is -0.579. The predicted octanol–water partition coefficient (Wildman–Crippen LogP) is 8.12. The maximum absolute atomic E-state index is 12.1. The second-order valence-electron chi connectivity index (χ2n) is 8.17. The number of rotatable bonds is 15. The van der Waals surface area contributed by atoms with Gasteiger partial charge < -0.3 is 9.47 Å². The Morgan fingerprint density at radius 2 is 1.34 bits per heavy atom. The largest absolute Gasteiger partial charge is 0.425 e.